The Hall–Kier alpha value is -4.24. The normalized spacial score (nSPS) is 38.5. The first-order valence-electron chi connectivity index (χ1n) is 26.5. The summed E-state index contributed by atoms with van der Waals surface area (Å²) in [6, 6.07) is 42.9. The highest BCUT2D eigenvalue weighted by Crippen LogP contribution is 2.64. The fourth-order valence-corrected chi connectivity index (χ4v) is 20.3. The number of fused-ring (bicyclic) bond motifs is 4. The molecule has 0 unspecified atom stereocenters. The van der Waals surface area contributed by atoms with Gasteiger partial charge in [-0.25, -0.2) is 0 Å². The van der Waals surface area contributed by atoms with E-state index in [1.54, 1.807) is 27.6 Å². The van der Waals surface area contributed by atoms with Crippen LogP contribution in [0.1, 0.15) is 138 Å². The van der Waals surface area contributed by atoms with Crippen molar-refractivity contribution in [1.29, 1.82) is 0 Å². The molecule has 5 aromatic carbocycles. The van der Waals surface area contributed by atoms with Crippen LogP contribution in [0.4, 0.5) is 34.1 Å². The lowest BCUT2D eigenvalue weighted by atomic mass is 9.32. The Balaban J connectivity index is 0.912. The number of hydrogen-bond acceptors (Lipinski definition) is 2. The first-order valence-corrected chi connectivity index (χ1v) is 26.5. The van der Waals surface area contributed by atoms with Crippen LogP contribution in [0.5, 0.6) is 0 Å². The monoisotopic (exact) mass is 837 g/mol. The summed E-state index contributed by atoms with van der Waals surface area (Å²) in [6.45, 7) is 2.54. The number of anilines is 6. The van der Waals surface area contributed by atoms with Crippen molar-refractivity contribution in [3.05, 3.63) is 125 Å². The predicted molar refractivity (Wildman–Crippen MR) is 265 cm³/mol. The Morgan fingerprint density at radius 2 is 0.719 bits per heavy atom. The summed E-state index contributed by atoms with van der Waals surface area (Å²) in [4.78, 5) is 5.41. The third kappa shape index (κ3) is 5.11. The third-order valence-corrected chi connectivity index (χ3v) is 21.3. The molecular formula is C61H65BN2. The van der Waals surface area contributed by atoms with E-state index < -0.39 is 0 Å². The second kappa shape index (κ2) is 12.8. The summed E-state index contributed by atoms with van der Waals surface area (Å²) >= 11 is 0. The van der Waals surface area contributed by atoms with E-state index in [4.69, 9.17) is 0 Å². The number of benzene rings is 5. The summed E-state index contributed by atoms with van der Waals surface area (Å²) in [5.41, 5.74) is 20.2. The molecule has 3 heteroatoms. The fraction of sp³-hybridized carbons (Fsp3) is 0.508. The van der Waals surface area contributed by atoms with Crippen molar-refractivity contribution in [2.45, 2.75) is 139 Å². The highest BCUT2D eigenvalue weighted by Gasteiger charge is 2.55. The molecule has 0 amide bonds. The summed E-state index contributed by atoms with van der Waals surface area (Å²) in [5.74, 6) is 8.45. The average molecular weight is 837 g/mol. The van der Waals surface area contributed by atoms with Crippen molar-refractivity contribution in [3.63, 3.8) is 0 Å². The van der Waals surface area contributed by atoms with Crippen molar-refractivity contribution in [2.24, 2.45) is 53.3 Å². The van der Waals surface area contributed by atoms with Gasteiger partial charge in [0.1, 0.15) is 0 Å². The third-order valence-electron chi connectivity index (χ3n) is 21.3. The Kier molecular flexibility index (Phi) is 7.39. The van der Waals surface area contributed by atoms with Crippen LogP contribution in [0.2, 0.25) is 0 Å². The molecule has 12 bridgehead atoms. The molecule has 322 valence electrons. The molecule has 0 radical (unpaired) electrons. The van der Waals surface area contributed by atoms with Crippen molar-refractivity contribution in [3.8, 4) is 0 Å². The van der Waals surface area contributed by atoms with Crippen LogP contribution in [0.3, 0.4) is 0 Å². The van der Waals surface area contributed by atoms with E-state index in [2.05, 4.69) is 120 Å². The molecule has 2 nitrogen and oxygen atoms in total. The van der Waals surface area contributed by atoms with Gasteiger partial charge in [0, 0.05) is 34.1 Å². The van der Waals surface area contributed by atoms with Crippen molar-refractivity contribution in [1.82, 2.24) is 0 Å². The van der Waals surface area contributed by atoms with E-state index >= 15 is 0 Å². The first kappa shape index (κ1) is 36.9. The molecule has 19 rings (SSSR count). The van der Waals surface area contributed by atoms with Gasteiger partial charge in [0.15, 0.2) is 0 Å². The van der Waals surface area contributed by atoms with Gasteiger partial charge in [-0.1, -0.05) is 54.6 Å². The van der Waals surface area contributed by atoms with Gasteiger partial charge in [-0.05, 0) is 279 Å². The predicted octanol–water partition coefficient (Wildman–Crippen LogP) is 13.5. The van der Waals surface area contributed by atoms with Gasteiger partial charge in [0.2, 0.25) is 0 Å². The van der Waals surface area contributed by atoms with Crippen LogP contribution >= 0.6 is 0 Å². The molecule has 0 spiro atoms. The molecule has 12 saturated carbocycles. The maximum atomic E-state index is 2.83. The number of hydrogen-bond donors (Lipinski definition) is 0. The Bertz CT molecular complexity index is 2660. The SMILES string of the molecule is Cc1cc2c3c(c1)N(c1ccc(C45CC6CC(CC(C6)C4)C5)cc1)c1ccc(C45CC6CC(CC(C6)C4)C5)cc1B3c1cc(C34CC5CC(CC(C5)C3)C4)ccc1N2c1ccccc1. The molecule has 5 aromatic rings. The molecule has 0 aromatic heterocycles. The lowest BCUT2D eigenvalue weighted by Gasteiger charge is -2.57. The van der Waals surface area contributed by atoms with Gasteiger partial charge in [-0.2, -0.15) is 0 Å². The van der Waals surface area contributed by atoms with Gasteiger partial charge in [0.25, 0.3) is 6.71 Å². The van der Waals surface area contributed by atoms with E-state index in [0.29, 0.717) is 16.2 Å². The van der Waals surface area contributed by atoms with Crippen LogP contribution in [-0.4, -0.2) is 6.71 Å². The first-order chi connectivity index (χ1) is 31.3. The number of aryl methyl sites for hydroxylation is 1. The molecule has 0 saturated heterocycles. The zero-order valence-corrected chi connectivity index (χ0v) is 38.2. The molecule has 12 fully saturated rings. The maximum absolute atomic E-state index is 2.83. The van der Waals surface area contributed by atoms with Crippen molar-refractivity contribution < 1.29 is 0 Å². The van der Waals surface area contributed by atoms with Gasteiger partial charge in [-0.15, -0.1) is 0 Å². The summed E-state index contributed by atoms with van der Waals surface area (Å²) in [7, 11) is 0. The van der Waals surface area contributed by atoms with Crippen LogP contribution in [0.15, 0.2) is 103 Å². The van der Waals surface area contributed by atoms with Gasteiger partial charge in [0.05, 0.1) is 0 Å². The minimum absolute atomic E-state index is 0.195. The van der Waals surface area contributed by atoms with Crippen molar-refractivity contribution >= 4 is 57.2 Å². The van der Waals surface area contributed by atoms with Gasteiger partial charge >= 0.3 is 0 Å². The summed E-state index contributed by atoms with van der Waals surface area (Å²) < 4.78 is 0. The maximum Gasteiger partial charge on any atom is 0.252 e. The zero-order valence-electron chi connectivity index (χ0n) is 38.2. The van der Waals surface area contributed by atoms with E-state index in [0.717, 1.165) is 53.3 Å². The number of nitrogens with zero attached hydrogens (tertiary/aromatic N) is 2. The molecular weight excluding hydrogens is 771 g/mol. The molecule has 2 heterocycles. The Labute approximate surface area is 382 Å². The van der Waals surface area contributed by atoms with Gasteiger partial charge < -0.3 is 9.80 Å². The fourth-order valence-electron chi connectivity index (χ4n) is 20.3. The quantitative estimate of drug-likeness (QED) is 0.159. The summed E-state index contributed by atoms with van der Waals surface area (Å²) in [6.07, 6.45) is 26.2. The summed E-state index contributed by atoms with van der Waals surface area (Å²) in [5, 5.41) is 0. The van der Waals surface area contributed by atoms with Gasteiger partial charge in [-0.3, -0.25) is 0 Å². The lowest BCUT2D eigenvalue weighted by Crippen LogP contribution is -2.62. The Morgan fingerprint density at radius 3 is 1.11 bits per heavy atom. The molecule has 64 heavy (non-hydrogen) atoms. The second-order valence-corrected chi connectivity index (χ2v) is 25.3. The average Bonchev–Trinajstić information content (AvgIpc) is 3.27. The number of rotatable bonds is 5. The van der Waals surface area contributed by atoms with Crippen molar-refractivity contribution in [2.75, 3.05) is 9.80 Å². The lowest BCUT2D eigenvalue weighted by molar-refractivity contribution is -0.00529. The van der Waals surface area contributed by atoms with Crippen LogP contribution in [0.25, 0.3) is 0 Å². The molecule has 0 N–H and O–H groups in total. The van der Waals surface area contributed by atoms with E-state index in [1.807, 2.05) is 0 Å². The van der Waals surface area contributed by atoms with Crippen LogP contribution in [-0.2, 0) is 16.2 Å². The van der Waals surface area contributed by atoms with Crippen LogP contribution < -0.4 is 26.2 Å². The van der Waals surface area contributed by atoms with Crippen LogP contribution in [0, 0.1) is 60.2 Å². The van der Waals surface area contributed by atoms with E-state index in [-0.39, 0.29) is 6.71 Å². The zero-order chi connectivity index (χ0) is 41.7. The molecule has 0 atom stereocenters. The van der Waals surface area contributed by atoms with E-state index in [9.17, 15) is 0 Å². The second-order valence-electron chi connectivity index (χ2n) is 25.3. The molecule has 14 aliphatic rings. The molecule has 12 aliphatic carbocycles. The highest BCUT2D eigenvalue weighted by molar-refractivity contribution is 7.00. The minimum atomic E-state index is 0.195. The topological polar surface area (TPSA) is 6.48 Å². The minimum Gasteiger partial charge on any atom is -0.311 e. The standard InChI is InChI=1S/C61H65BN2/c1-37-15-56-58-57(16-37)64(51-11-7-47(8-12-51)59-28-38-17-39(29-59)19-40(18-38)30-59)55-14-10-49(61-34-44-23-45(35-61)25-46(24-44)36-61)27-53(55)62(58)52-26-48(9-13-54(52)63(56)50-5-3-2-4-6-50)60-31-41-20-42(32-60)22-43(21-41)33-60/h2-16,26-27,38-46H,17-25,28-36H2,1H3. The number of para-hydroxylation sites is 1. The van der Waals surface area contributed by atoms with E-state index in [1.165, 1.54) is 161 Å². The highest BCUT2D eigenvalue weighted by atomic mass is 15.2. The smallest absolute Gasteiger partial charge is 0.252 e. The largest absolute Gasteiger partial charge is 0.311 e. The molecule has 2 aliphatic heterocycles. The Morgan fingerprint density at radius 1 is 0.375 bits per heavy atom.